The van der Waals surface area contributed by atoms with E-state index >= 15 is 0 Å². The number of rotatable bonds is 12. The van der Waals surface area contributed by atoms with E-state index in [0.717, 1.165) is 21.6 Å². The molecular weight excluding hydrogens is 753 g/mol. The van der Waals surface area contributed by atoms with Gasteiger partial charge in [-0.15, -0.1) is 0 Å². The van der Waals surface area contributed by atoms with Crippen molar-refractivity contribution in [2.75, 3.05) is 27.9 Å². The van der Waals surface area contributed by atoms with E-state index in [-0.39, 0.29) is 29.5 Å². The summed E-state index contributed by atoms with van der Waals surface area (Å²) in [5.41, 5.74) is 8.41. The number of anilines is 3. The van der Waals surface area contributed by atoms with Crippen molar-refractivity contribution in [2.45, 2.75) is 97.4 Å². The van der Waals surface area contributed by atoms with E-state index in [2.05, 4.69) is 10.6 Å². The first-order valence-corrected chi connectivity index (χ1v) is 20.1. The van der Waals surface area contributed by atoms with Gasteiger partial charge in [-0.3, -0.25) is 5.32 Å². The molecule has 4 rings (SSSR count). The minimum atomic E-state index is -3.48. The van der Waals surface area contributed by atoms with Crippen LogP contribution in [0.3, 0.4) is 0 Å². The molecule has 0 saturated carbocycles. The van der Waals surface area contributed by atoms with Crippen molar-refractivity contribution in [3.63, 3.8) is 0 Å². The summed E-state index contributed by atoms with van der Waals surface area (Å²) in [4.78, 5) is 52.9. The monoisotopic (exact) mass is 804 g/mol. The number of aliphatic carboxylic acids is 1. The zero-order valence-electron chi connectivity index (χ0n) is 33.8. The number of benzene rings is 4. The fourth-order valence-electron chi connectivity index (χ4n) is 6.16. The van der Waals surface area contributed by atoms with Gasteiger partial charge < -0.3 is 30.4 Å². The lowest BCUT2D eigenvalue weighted by Gasteiger charge is -2.29. The van der Waals surface area contributed by atoms with E-state index in [4.69, 9.17) is 19.9 Å². The van der Waals surface area contributed by atoms with Gasteiger partial charge in [0.1, 0.15) is 11.2 Å². The molecule has 0 spiro atoms. The Balaban J connectivity index is 1.51. The summed E-state index contributed by atoms with van der Waals surface area (Å²) in [6, 6.07) is 16.9. The van der Waals surface area contributed by atoms with Crippen LogP contribution in [-0.2, 0) is 41.8 Å². The number of carbonyl (C=O) groups excluding carboxylic acids is 3. The number of amides is 3. The summed E-state index contributed by atoms with van der Waals surface area (Å²) in [5.74, 6) is -1.19. The van der Waals surface area contributed by atoms with Gasteiger partial charge in [0.25, 0.3) is 0 Å². The molecule has 5 N–H and O–H groups in total. The second kappa shape index (κ2) is 17.6. The summed E-state index contributed by atoms with van der Waals surface area (Å²) in [5, 5.41) is 17.2. The molecule has 0 saturated heterocycles. The molecule has 3 amide bonds. The quantitative estimate of drug-likeness (QED) is 0.0997. The maximum Gasteiger partial charge on any atom is 0.424 e. The lowest BCUT2D eigenvalue weighted by Crippen LogP contribution is -2.43. The summed E-state index contributed by atoms with van der Waals surface area (Å²) in [6.45, 7) is 15.4. The number of nitrogens with one attached hydrogen (secondary N) is 2. The molecule has 14 nitrogen and oxygen atoms in total. The van der Waals surface area contributed by atoms with Crippen molar-refractivity contribution in [1.82, 2.24) is 0 Å². The second-order valence-electron chi connectivity index (χ2n) is 15.5. The minimum absolute atomic E-state index is 0.0251. The summed E-state index contributed by atoms with van der Waals surface area (Å²) in [6.07, 6.45) is -2.18. The third kappa shape index (κ3) is 11.4. The van der Waals surface area contributed by atoms with E-state index in [1.807, 2.05) is 13.8 Å². The predicted molar refractivity (Wildman–Crippen MR) is 220 cm³/mol. The van der Waals surface area contributed by atoms with Gasteiger partial charge in [-0.25, -0.2) is 27.6 Å². The van der Waals surface area contributed by atoms with Gasteiger partial charge in [0, 0.05) is 29.7 Å². The Morgan fingerprint density at radius 1 is 0.842 bits per heavy atom. The van der Waals surface area contributed by atoms with Crippen molar-refractivity contribution < 1.29 is 46.9 Å². The van der Waals surface area contributed by atoms with E-state index in [0.29, 0.717) is 39.7 Å². The Bertz CT molecular complexity index is 2230. The number of carboxylic acid groups (broad SMARTS) is 1. The van der Waals surface area contributed by atoms with Crippen molar-refractivity contribution in [3.8, 4) is 0 Å². The van der Waals surface area contributed by atoms with Crippen LogP contribution in [-0.4, -0.2) is 61.3 Å². The Kier molecular flexibility index (Phi) is 13.6. The molecule has 15 heteroatoms. The molecule has 1 unspecified atom stereocenters. The minimum Gasteiger partial charge on any atom is -0.479 e. The third-order valence-corrected chi connectivity index (χ3v) is 10.5. The van der Waals surface area contributed by atoms with Gasteiger partial charge in [0.15, 0.2) is 15.9 Å². The zero-order chi connectivity index (χ0) is 42.5. The summed E-state index contributed by atoms with van der Waals surface area (Å²) < 4.78 is 41.3. The average Bonchev–Trinajstić information content (AvgIpc) is 3.09. The van der Waals surface area contributed by atoms with Crippen molar-refractivity contribution in [3.05, 3.63) is 94.5 Å². The van der Waals surface area contributed by atoms with E-state index < -0.39 is 51.3 Å². The van der Waals surface area contributed by atoms with Crippen LogP contribution in [0.4, 0.5) is 31.4 Å². The van der Waals surface area contributed by atoms with Crippen molar-refractivity contribution >= 4 is 61.9 Å². The fourth-order valence-corrected chi connectivity index (χ4v) is 7.28. The molecule has 0 heterocycles. The van der Waals surface area contributed by atoms with Crippen LogP contribution in [0.2, 0.25) is 0 Å². The van der Waals surface area contributed by atoms with Crippen LogP contribution in [0.5, 0.6) is 0 Å². The van der Waals surface area contributed by atoms with Crippen LogP contribution in [0.25, 0.3) is 10.8 Å². The molecular formula is C42H52N4O10S. The van der Waals surface area contributed by atoms with Crippen LogP contribution in [0.15, 0.2) is 71.6 Å². The van der Waals surface area contributed by atoms with Crippen LogP contribution in [0, 0.1) is 13.8 Å². The number of hydrogen-bond acceptors (Lipinski definition) is 11. The van der Waals surface area contributed by atoms with Gasteiger partial charge in [0.05, 0.1) is 22.9 Å². The molecule has 0 radical (unpaired) electrons. The summed E-state index contributed by atoms with van der Waals surface area (Å²) in [7, 11) is -3.48. The summed E-state index contributed by atoms with van der Waals surface area (Å²) >= 11 is 0. The first-order valence-electron chi connectivity index (χ1n) is 18.4. The number of ether oxygens (including phenoxy) is 3. The highest BCUT2D eigenvalue weighted by atomic mass is 32.2. The fraction of sp³-hybridized carbons (Fsp3) is 0.381. The molecule has 306 valence electrons. The molecule has 0 aliphatic carbocycles. The number of sulfone groups is 1. The topological polar surface area (TPSA) is 204 Å². The Hall–Kier alpha value is -5.67. The normalized spacial score (nSPS) is 12.4. The van der Waals surface area contributed by atoms with Crippen LogP contribution >= 0.6 is 0 Å². The maximum absolute atomic E-state index is 13.4. The SMILES string of the molecule is CCS(=O)(=O)c1ccc(NC(=O)OCCc2c(C)cc(C(Nc3ccc4c(N(C(=O)OC(C)(C)C)C(=O)OC(C)(C)C)cccc4c3)C(=O)O)cc2C)cc1CN. The van der Waals surface area contributed by atoms with E-state index in [9.17, 15) is 32.7 Å². The van der Waals surface area contributed by atoms with Crippen LogP contribution in [0.1, 0.15) is 82.3 Å². The van der Waals surface area contributed by atoms with E-state index in [1.54, 1.807) is 97.0 Å². The highest BCUT2D eigenvalue weighted by Crippen LogP contribution is 2.33. The number of fused-ring (bicyclic) bond motifs is 1. The number of carbonyl (C=O) groups is 4. The van der Waals surface area contributed by atoms with Gasteiger partial charge >= 0.3 is 24.2 Å². The zero-order valence-corrected chi connectivity index (χ0v) is 34.6. The highest BCUT2D eigenvalue weighted by molar-refractivity contribution is 7.91. The van der Waals surface area contributed by atoms with Gasteiger partial charge in [-0.2, -0.15) is 4.90 Å². The standard InChI is InChI=1S/C42H52N4O10S/c1-10-57(52,53)35-17-15-31(23-29(35)24-43)45-38(49)54-19-18-32-25(2)20-28(21-26(32)3)36(37(47)48)44-30-14-16-33-27(22-30)12-11-13-34(33)46(39(50)55-41(4,5)6)40(51)56-42(7,8)9/h11-17,20-23,36,44H,10,18-19,24,43H2,1-9H3,(H,45,49)(H,47,48). The molecule has 0 fully saturated rings. The van der Waals surface area contributed by atoms with Gasteiger partial charge in [0.2, 0.25) is 0 Å². The molecule has 4 aromatic rings. The molecule has 1 atom stereocenters. The Labute approximate surface area is 333 Å². The third-order valence-electron chi connectivity index (χ3n) is 8.69. The molecule has 57 heavy (non-hydrogen) atoms. The van der Waals surface area contributed by atoms with Crippen molar-refractivity contribution in [1.29, 1.82) is 0 Å². The Morgan fingerprint density at radius 2 is 1.44 bits per heavy atom. The largest absolute Gasteiger partial charge is 0.479 e. The molecule has 0 bridgehead atoms. The smallest absolute Gasteiger partial charge is 0.424 e. The molecule has 0 aliphatic rings. The number of aryl methyl sites for hydroxylation is 2. The predicted octanol–water partition coefficient (Wildman–Crippen LogP) is 8.41. The Morgan fingerprint density at radius 3 is 1.98 bits per heavy atom. The number of nitrogens with two attached hydrogens (primary N) is 1. The lowest BCUT2D eigenvalue weighted by atomic mass is 9.94. The average molecular weight is 805 g/mol. The first-order chi connectivity index (χ1) is 26.5. The number of hydrogen-bond donors (Lipinski definition) is 4. The van der Waals surface area contributed by atoms with Gasteiger partial charge in [-0.1, -0.05) is 37.3 Å². The highest BCUT2D eigenvalue weighted by Gasteiger charge is 2.34. The lowest BCUT2D eigenvalue weighted by molar-refractivity contribution is -0.138. The number of imide groups is 1. The number of carboxylic acids is 1. The van der Waals surface area contributed by atoms with Crippen molar-refractivity contribution in [2.24, 2.45) is 5.73 Å². The maximum atomic E-state index is 13.4. The van der Waals surface area contributed by atoms with E-state index in [1.165, 1.54) is 18.2 Å². The first kappa shape index (κ1) is 44.0. The molecule has 4 aromatic carbocycles. The second-order valence-corrected chi connectivity index (χ2v) is 17.7. The number of nitrogens with zero attached hydrogens (tertiary/aromatic N) is 1. The van der Waals surface area contributed by atoms with Crippen LogP contribution < -0.4 is 21.3 Å². The molecule has 0 aromatic heterocycles. The molecule has 0 aliphatic heterocycles. The van der Waals surface area contributed by atoms with Gasteiger partial charge in [-0.05, 0) is 125 Å².